The third-order valence-corrected chi connectivity index (χ3v) is 4.63. The summed E-state index contributed by atoms with van der Waals surface area (Å²) < 4.78 is 5.86. The molecule has 27 heavy (non-hydrogen) atoms. The fourth-order valence-electron chi connectivity index (χ4n) is 3.15. The minimum atomic E-state index is -0.209. The molecule has 3 aromatic rings. The van der Waals surface area contributed by atoms with Gasteiger partial charge in [0.15, 0.2) is 0 Å². The number of carbonyl (C=O) groups excluding carboxylic acids is 1. The average molecular weight is 360 g/mol. The zero-order valence-corrected chi connectivity index (χ0v) is 14.9. The number of aromatic nitrogens is 3. The summed E-state index contributed by atoms with van der Waals surface area (Å²) in [5.74, 6) is 0.118. The molecule has 1 aromatic carbocycles. The Kier molecular flexibility index (Phi) is 5.16. The van der Waals surface area contributed by atoms with Gasteiger partial charge in [-0.3, -0.25) is 9.78 Å². The Morgan fingerprint density at radius 3 is 2.59 bits per heavy atom. The van der Waals surface area contributed by atoms with Crippen molar-refractivity contribution in [2.75, 3.05) is 19.7 Å². The van der Waals surface area contributed by atoms with Gasteiger partial charge in [-0.25, -0.2) is 9.97 Å². The van der Waals surface area contributed by atoms with E-state index in [9.17, 15) is 4.79 Å². The first kappa shape index (κ1) is 17.3. The van der Waals surface area contributed by atoms with E-state index in [4.69, 9.17) is 4.74 Å². The second kappa shape index (κ2) is 8.05. The molecule has 0 saturated carbocycles. The average Bonchev–Trinajstić information content (AvgIpc) is 2.75. The first-order chi connectivity index (χ1) is 13.3. The number of rotatable bonds is 4. The number of hydrogen-bond acceptors (Lipinski definition) is 5. The summed E-state index contributed by atoms with van der Waals surface area (Å²) in [6.45, 7) is 1.65. The van der Waals surface area contributed by atoms with E-state index in [1.807, 2.05) is 47.4 Å². The molecule has 1 unspecified atom stereocenters. The standard InChI is InChI=1S/C21H20N4O2/c26-21(10-16-4-2-1-3-5-16)25-8-9-27-20(14-25)19-7-6-17(13-24-19)18-11-22-15-23-12-18/h1-7,11-13,15,20H,8-10,14H2. The lowest BCUT2D eigenvalue weighted by Crippen LogP contribution is -2.43. The Labute approximate surface area is 157 Å². The topological polar surface area (TPSA) is 68.2 Å². The normalized spacial score (nSPS) is 16.9. The van der Waals surface area contributed by atoms with E-state index in [0.717, 1.165) is 22.4 Å². The van der Waals surface area contributed by atoms with Crippen LogP contribution in [0.4, 0.5) is 0 Å². The van der Waals surface area contributed by atoms with Crippen molar-refractivity contribution in [1.29, 1.82) is 0 Å². The van der Waals surface area contributed by atoms with Crippen molar-refractivity contribution in [2.45, 2.75) is 12.5 Å². The molecule has 0 N–H and O–H groups in total. The number of benzene rings is 1. The highest BCUT2D eigenvalue weighted by Gasteiger charge is 2.26. The number of pyridine rings is 1. The number of ether oxygens (including phenoxy) is 1. The van der Waals surface area contributed by atoms with Gasteiger partial charge in [-0.1, -0.05) is 36.4 Å². The molecule has 3 heterocycles. The third-order valence-electron chi connectivity index (χ3n) is 4.63. The Hall–Kier alpha value is -3.12. The molecule has 0 radical (unpaired) electrons. The molecule has 0 bridgehead atoms. The minimum Gasteiger partial charge on any atom is -0.368 e. The van der Waals surface area contributed by atoms with Gasteiger partial charge in [-0.15, -0.1) is 0 Å². The monoisotopic (exact) mass is 360 g/mol. The van der Waals surface area contributed by atoms with Crippen LogP contribution in [0.15, 0.2) is 67.4 Å². The minimum absolute atomic E-state index is 0.118. The van der Waals surface area contributed by atoms with E-state index < -0.39 is 0 Å². The van der Waals surface area contributed by atoms with E-state index in [1.165, 1.54) is 6.33 Å². The number of amides is 1. The Balaban J connectivity index is 1.43. The van der Waals surface area contributed by atoms with Crippen LogP contribution in [-0.4, -0.2) is 45.5 Å². The SMILES string of the molecule is O=C(Cc1ccccc1)N1CCOC(c2ccc(-c3cncnc3)cn2)C1. The van der Waals surface area contributed by atoms with Gasteiger partial charge in [0, 0.05) is 36.3 Å². The number of hydrogen-bond donors (Lipinski definition) is 0. The molecule has 1 atom stereocenters. The van der Waals surface area contributed by atoms with E-state index in [1.54, 1.807) is 18.6 Å². The summed E-state index contributed by atoms with van der Waals surface area (Å²) in [7, 11) is 0. The molecule has 6 heteroatoms. The second-order valence-electron chi connectivity index (χ2n) is 6.46. The molecule has 1 aliphatic rings. The fourth-order valence-corrected chi connectivity index (χ4v) is 3.15. The summed E-state index contributed by atoms with van der Waals surface area (Å²) in [6, 6.07) is 13.7. The van der Waals surface area contributed by atoms with Crippen molar-refractivity contribution < 1.29 is 9.53 Å². The molecule has 1 saturated heterocycles. The highest BCUT2D eigenvalue weighted by molar-refractivity contribution is 5.78. The second-order valence-corrected chi connectivity index (χ2v) is 6.46. The van der Waals surface area contributed by atoms with Crippen molar-refractivity contribution in [3.63, 3.8) is 0 Å². The Bertz CT molecular complexity index is 885. The highest BCUT2D eigenvalue weighted by Crippen LogP contribution is 2.23. The maximum atomic E-state index is 12.6. The van der Waals surface area contributed by atoms with Gasteiger partial charge in [-0.05, 0) is 11.6 Å². The lowest BCUT2D eigenvalue weighted by atomic mass is 10.1. The van der Waals surface area contributed by atoms with Crippen LogP contribution < -0.4 is 0 Å². The predicted molar refractivity (Wildman–Crippen MR) is 101 cm³/mol. The maximum Gasteiger partial charge on any atom is 0.227 e. The van der Waals surface area contributed by atoms with Crippen molar-refractivity contribution >= 4 is 5.91 Å². The molecule has 6 nitrogen and oxygen atoms in total. The lowest BCUT2D eigenvalue weighted by molar-refractivity contribution is -0.138. The van der Waals surface area contributed by atoms with Gasteiger partial charge in [0.25, 0.3) is 0 Å². The zero-order chi connectivity index (χ0) is 18.5. The molecule has 1 aliphatic heterocycles. The first-order valence-corrected chi connectivity index (χ1v) is 8.94. The van der Waals surface area contributed by atoms with E-state index >= 15 is 0 Å². The molecular formula is C21H20N4O2. The lowest BCUT2D eigenvalue weighted by Gasteiger charge is -2.32. The van der Waals surface area contributed by atoms with Crippen molar-refractivity contribution in [2.24, 2.45) is 0 Å². The largest absolute Gasteiger partial charge is 0.368 e. The summed E-state index contributed by atoms with van der Waals surface area (Å²) in [5.41, 5.74) is 3.72. The molecule has 2 aromatic heterocycles. The number of morpholine rings is 1. The van der Waals surface area contributed by atoms with E-state index in [0.29, 0.717) is 26.1 Å². The summed E-state index contributed by atoms with van der Waals surface area (Å²) in [4.78, 5) is 27.1. The third kappa shape index (κ3) is 4.17. The van der Waals surface area contributed by atoms with Crippen LogP contribution in [0.3, 0.4) is 0 Å². The smallest absolute Gasteiger partial charge is 0.227 e. The van der Waals surface area contributed by atoms with Crippen LogP contribution in [-0.2, 0) is 16.0 Å². The van der Waals surface area contributed by atoms with E-state index in [-0.39, 0.29) is 12.0 Å². The molecule has 4 rings (SSSR count). The predicted octanol–water partition coefficient (Wildman–Crippen LogP) is 2.68. The van der Waals surface area contributed by atoms with Crippen LogP contribution >= 0.6 is 0 Å². The van der Waals surface area contributed by atoms with Crippen LogP contribution in [0.25, 0.3) is 11.1 Å². The van der Waals surface area contributed by atoms with Gasteiger partial charge in [0.05, 0.1) is 25.3 Å². The van der Waals surface area contributed by atoms with Crippen LogP contribution in [0.5, 0.6) is 0 Å². The summed E-state index contributed by atoms with van der Waals surface area (Å²) in [5, 5.41) is 0. The Morgan fingerprint density at radius 2 is 1.85 bits per heavy atom. The van der Waals surface area contributed by atoms with Gasteiger partial charge in [-0.2, -0.15) is 0 Å². The fraction of sp³-hybridized carbons (Fsp3) is 0.238. The molecular weight excluding hydrogens is 340 g/mol. The highest BCUT2D eigenvalue weighted by atomic mass is 16.5. The van der Waals surface area contributed by atoms with Crippen molar-refractivity contribution in [3.05, 3.63) is 78.6 Å². The van der Waals surface area contributed by atoms with Gasteiger partial charge >= 0.3 is 0 Å². The van der Waals surface area contributed by atoms with Crippen LogP contribution in [0.1, 0.15) is 17.4 Å². The molecule has 136 valence electrons. The van der Waals surface area contributed by atoms with Crippen molar-refractivity contribution in [1.82, 2.24) is 19.9 Å². The molecule has 1 fully saturated rings. The summed E-state index contributed by atoms with van der Waals surface area (Å²) >= 11 is 0. The quantitative estimate of drug-likeness (QED) is 0.716. The Morgan fingerprint density at radius 1 is 1.04 bits per heavy atom. The summed E-state index contributed by atoms with van der Waals surface area (Å²) in [6.07, 6.45) is 7.01. The van der Waals surface area contributed by atoms with Crippen LogP contribution in [0, 0.1) is 0 Å². The first-order valence-electron chi connectivity index (χ1n) is 8.94. The molecule has 1 amide bonds. The van der Waals surface area contributed by atoms with Crippen LogP contribution in [0.2, 0.25) is 0 Å². The number of nitrogens with zero attached hydrogens (tertiary/aromatic N) is 4. The van der Waals surface area contributed by atoms with Crippen molar-refractivity contribution in [3.8, 4) is 11.1 Å². The van der Waals surface area contributed by atoms with Gasteiger partial charge < -0.3 is 9.64 Å². The van der Waals surface area contributed by atoms with Gasteiger partial charge in [0.2, 0.25) is 5.91 Å². The zero-order valence-electron chi connectivity index (χ0n) is 14.9. The van der Waals surface area contributed by atoms with Gasteiger partial charge in [0.1, 0.15) is 12.4 Å². The molecule has 0 aliphatic carbocycles. The van der Waals surface area contributed by atoms with E-state index in [2.05, 4.69) is 15.0 Å². The maximum absolute atomic E-state index is 12.6. The number of carbonyl (C=O) groups is 1. The molecule has 0 spiro atoms.